The second-order valence-corrected chi connectivity index (χ2v) is 9.75. The molecule has 0 atom stereocenters. The van der Waals surface area contributed by atoms with Gasteiger partial charge < -0.3 is 22.5 Å². The van der Waals surface area contributed by atoms with E-state index in [1.807, 2.05) is 44.2 Å². The number of nitrogens with one attached hydrogen (secondary N) is 2. The molecular weight excluding hydrogens is 578 g/mol. The Morgan fingerprint density at radius 3 is 2.00 bits per heavy atom. The number of hydrogen-bond donors (Lipinski definition) is 5. The fraction of sp³-hybridized carbons (Fsp3) is 0.250. The van der Waals surface area contributed by atoms with E-state index in [0.29, 0.717) is 29.9 Å². The molecule has 244 valence electrons. The molecule has 0 fully saturated rings. The van der Waals surface area contributed by atoms with Gasteiger partial charge in [0.1, 0.15) is 5.84 Å². The summed E-state index contributed by atoms with van der Waals surface area (Å²) in [5.74, 6) is -5.38. The second kappa shape index (κ2) is 21.0. The number of rotatable bonds is 12. The first kappa shape index (κ1) is 40.2. The van der Waals surface area contributed by atoms with Crippen LogP contribution in [0.5, 0.6) is 0 Å². The summed E-state index contributed by atoms with van der Waals surface area (Å²) in [5.41, 5.74) is 19.9. The number of allylic oxidation sites excluding steroid dienone is 9. The van der Waals surface area contributed by atoms with Crippen LogP contribution >= 0.6 is 0 Å². The molecule has 45 heavy (non-hydrogen) atoms. The summed E-state index contributed by atoms with van der Waals surface area (Å²) >= 11 is 0. The Morgan fingerprint density at radius 1 is 1.00 bits per heavy atom. The molecule has 0 aliphatic rings. The van der Waals surface area contributed by atoms with E-state index in [0.717, 1.165) is 42.7 Å². The average molecular weight is 626 g/mol. The number of alkyl halides is 2. The standard InChI is InChI=1S/C29H32F4N4.C4H9N.C3H6/c1-5-22(29(4,32)33)16-24(21-12-14-25(30)26(31)15-21)18(3)37-17-20-9-7-19(8-10-20)11-13-23(28(35)36)27(34)6-2;1-2-3-4-5;1-3-2/h5-10,12-16,37H,1,11,17,34H2,2-4H3,(H3,35,36);3-4H,2,5H2,1H3;3H,1H2,2H3/b22-16+,23-13+,24-18-,27-6-;;. The quantitative estimate of drug-likeness (QED) is 0.0534. The monoisotopic (exact) mass is 625 g/mol. The summed E-state index contributed by atoms with van der Waals surface area (Å²) in [4.78, 5) is 0. The van der Waals surface area contributed by atoms with Crippen molar-refractivity contribution in [2.75, 3.05) is 0 Å². The van der Waals surface area contributed by atoms with Crippen molar-refractivity contribution in [3.05, 3.63) is 149 Å². The molecule has 0 saturated heterocycles. The van der Waals surface area contributed by atoms with Gasteiger partial charge in [0, 0.05) is 41.6 Å². The minimum absolute atomic E-state index is 0.106. The third-order valence-corrected chi connectivity index (χ3v) is 6.07. The number of halogens is 4. The molecule has 2 aromatic rings. The molecular formula is C36H47F4N5. The van der Waals surface area contributed by atoms with Crippen molar-refractivity contribution >= 4 is 11.4 Å². The first-order valence-corrected chi connectivity index (χ1v) is 14.3. The highest BCUT2D eigenvalue weighted by molar-refractivity contribution is 5.98. The third kappa shape index (κ3) is 15.0. The van der Waals surface area contributed by atoms with Gasteiger partial charge in [-0.1, -0.05) is 74.2 Å². The van der Waals surface area contributed by atoms with Gasteiger partial charge in [-0.25, -0.2) is 17.6 Å². The summed E-state index contributed by atoms with van der Waals surface area (Å²) in [7, 11) is 0. The molecule has 0 aromatic heterocycles. The molecule has 0 unspecified atom stereocenters. The molecule has 5 nitrogen and oxygen atoms in total. The van der Waals surface area contributed by atoms with Crippen LogP contribution in [0.1, 0.15) is 57.7 Å². The van der Waals surface area contributed by atoms with Crippen LogP contribution in [-0.4, -0.2) is 11.8 Å². The number of nitrogens with two attached hydrogens (primary N) is 3. The molecule has 2 rings (SSSR count). The first-order valence-electron chi connectivity index (χ1n) is 14.3. The molecule has 0 spiro atoms. The van der Waals surface area contributed by atoms with E-state index in [9.17, 15) is 17.6 Å². The average Bonchev–Trinajstić information content (AvgIpc) is 2.99. The van der Waals surface area contributed by atoms with Gasteiger partial charge in [0.2, 0.25) is 0 Å². The summed E-state index contributed by atoms with van der Waals surface area (Å²) in [5, 5.41) is 10.9. The Morgan fingerprint density at radius 2 is 1.58 bits per heavy atom. The van der Waals surface area contributed by atoms with Gasteiger partial charge in [0.15, 0.2) is 11.6 Å². The van der Waals surface area contributed by atoms with Crippen LogP contribution < -0.4 is 22.5 Å². The molecule has 0 bridgehead atoms. The molecule has 0 radical (unpaired) electrons. The van der Waals surface area contributed by atoms with E-state index in [2.05, 4.69) is 18.5 Å². The molecule has 0 aliphatic heterocycles. The highest BCUT2D eigenvalue weighted by Gasteiger charge is 2.26. The van der Waals surface area contributed by atoms with E-state index in [4.69, 9.17) is 22.6 Å². The van der Waals surface area contributed by atoms with E-state index < -0.39 is 17.6 Å². The number of benzene rings is 2. The SMILES string of the molecule is C=C/C(=C\C(=C(/C)NCc1ccc(C/C=C(C(=N)N)\C(N)=C\C)cc1)c1ccc(F)c(F)c1)C(C)(F)F.C=CC.CCC=CN. The van der Waals surface area contributed by atoms with Crippen molar-refractivity contribution < 1.29 is 17.6 Å². The molecule has 0 heterocycles. The Bertz CT molecular complexity index is 1410. The Kier molecular flexibility index (Phi) is 18.8. The maximum absolute atomic E-state index is 14.0. The van der Waals surface area contributed by atoms with Crippen molar-refractivity contribution in [3.8, 4) is 0 Å². The van der Waals surface area contributed by atoms with Gasteiger partial charge in [-0.2, -0.15) is 0 Å². The maximum Gasteiger partial charge on any atom is 0.270 e. The molecule has 8 N–H and O–H groups in total. The van der Waals surface area contributed by atoms with Crippen molar-refractivity contribution in [2.45, 2.75) is 59.9 Å². The van der Waals surface area contributed by atoms with Crippen LogP contribution in [0.4, 0.5) is 17.6 Å². The van der Waals surface area contributed by atoms with Crippen molar-refractivity contribution in [3.63, 3.8) is 0 Å². The maximum atomic E-state index is 14.0. The van der Waals surface area contributed by atoms with E-state index >= 15 is 0 Å². The minimum atomic E-state index is -3.17. The lowest BCUT2D eigenvalue weighted by molar-refractivity contribution is 0.0676. The fourth-order valence-electron chi connectivity index (χ4n) is 3.61. The zero-order chi connectivity index (χ0) is 34.6. The highest BCUT2D eigenvalue weighted by atomic mass is 19.3. The van der Waals surface area contributed by atoms with Gasteiger partial charge >= 0.3 is 0 Å². The Hall–Kier alpha value is -4.79. The lowest BCUT2D eigenvalue weighted by Gasteiger charge is -2.16. The minimum Gasteiger partial charge on any atom is -0.405 e. The smallest absolute Gasteiger partial charge is 0.270 e. The molecule has 0 amide bonds. The summed E-state index contributed by atoms with van der Waals surface area (Å²) in [6.07, 6.45) is 12.5. The van der Waals surface area contributed by atoms with Gasteiger partial charge in [0.05, 0.1) is 0 Å². The first-order chi connectivity index (χ1) is 21.2. The van der Waals surface area contributed by atoms with E-state index in [1.54, 1.807) is 38.3 Å². The zero-order valence-electron chi connectivity index (χ0n) is 26.9. The molecule has 9 heteroatoms. The zero-order valence-corrected chi connectivity index (χ0v) is 26.9. The Labute approximate surface area is 265 Å². The Balaban J connectivity index is 0.00000215. The van der Waals surface area contributed by atoms with Gasteiger partial charge in [0.25, 0.3) is 5.92 Å². The van der Waals surface area contributed by atoms with Crippen LogP contribution in [0.15, 0.2) is 121 Å². The largest absolute Gasteiger partial charge is 0.405 e. The van der Waals surface area contributed by atoms with Gasteiger partial charge in [-0.3, -0.25) is 5.41 Å². The summed E-state index contributed by atoms with van der Waals surface area (Å²) in [6, 6.07) is 10.9. The van der Waals surface area contributed by atoms with Crippen LogP contribution in [0.3, 0.4) is 0 Å². The predicted octanol–water partition coefficient (Wildman–Crippen LogP) is 8.58. The highest BCUT2D eigenvalue weighted by Crippen LogP contribution is 2.30. The molecule has 2 aromatic carbocycles. The summed E-state index contributed by atoms with van der Waals surface area (Å²) < 4.78 is 55.5. The lowest BCUT2D eigenvalue weighted by atomic mass is 9.98. The van der Waals surface area contributed by atoms with Crippen molar-refractivity contribution in [1.29, 1.82) is 5.41 Å². The fourth-order valence-corrected chi connectivity index (χ4v) is 3.61. The van der Waals surface area contributed by atoms with Crippen LogP contribution in [0, 0.1) is 17.0 Å². The molecule has 0 aliphatic carbocycles. The van der Waals surface area contributed by atoms with Gasteiger partial charge in [-0.05, 0) is 74.7 Å². The van der Waals surface area contributed by atoms with Crippen molar-refractivity contribution in [1.82, 2.24) is 5.32 Å². The lowest BCUT2D eigenvalue weighted by Crippen LogP contribution is -2.18. The third-order valence-electron chi connectivity index (χ3n) is 6.07. The van der Waals surface area contributed by atoms with Gasteiger partial charge in [-0.15, -0.1) is 6.58 Å². The molecule has 0 saturated carbocycles. The van der Waals surface area contributed by atoms with Crippen LogP contribution in [0.25, 0.3) is 5.57 Å². The number of hydrogen-bond acceptors (Lipinski definition) is 4. The second-order valence-electron chi connectivity index (χ2n) is 9.75. The van der Waals surface area contributed by atoms with Crippen LogP contribution in [0.2, 0.25) is 0 Å². The van der Waals surface area contributed by atoms with Crippen LogP contribution in [-0.2, 0) is 13.0 Å². The number of amidine groups is 1. The topological polar surface area (TPSA) is 114 Å². The van der Waals surface area contributed by atoms with E-state index in [1.165, 1.54) is 12.1 Å². The predicted molar refractivity (Wildman–Crippen MR) is 182 cm³/mol. The normalized spacial score (nSPS) is 12.7. The van der Waals surface area contributed by atoms with Crippen molar-refractivity contribution in [2.24, 2.45) is 17.2 Å². The van der Waals surface area contributed by atoms with E-state index in [-0.39, 0.29) is 22.5 Å². The summed E-state index contributed by atoms with van der Waals surface area (Å²) in [6.45, 7) is 15.3.